The zero-order valence-corrected chi connectivity index (χ0v) is 12.1. The third-order valence-electron chi connectivity index (χ3n) is 3.38. The second-order valence-corrected chi connectivity index (χ2v) is 5.18. The average molecular weight is 302 g/mol. The molecule has 1 aromatic rings. The number of esters is 1. The van der Waals surface area contributed by atoms with Crippen LogP contribution in [0.3, 0.4) is 0 Å². The molecule has 1 N–H and O–H groups in total. The standard InChI is InChI=1S/C14H17ClFNO3/c1-8(14(18)19-2)17-12-5-6-20-13(12)9-3-4-10(15)11(16)7-9/h3-4,7-8,12-13,17H,5-6H2,1-2H3/t8-,12-,13-/m0/s1. The molecule has 0 aliphatic carbocycles. The first kappa shape index (κ1) is 15.2. The highest BCUT2D eigenvalue weighted by molar-refractivity contribution is 6.30. The van der Waals surface area contributed by atoms with E-state index in [1.807, 2.05) is 0 Å². The Kier molecular flexibility index (Phi) is 4.96. The Bertz CT molecular complexity index is 497. The first-order valence-corrected chi connectivity index (χ1v) is 6.81. The molecule has 0 aromatic heterocycles. The first-order valence-electron chi connectivity index (χ1n) is 6.43. The monoisotopic (exact) mass is 301 g/mol. The van der Waals surface area contributed by atoms with E-state index >= 15 is 0 Å². The molecule has 0 bridgehead atoms. The van der Waals surface area contributed by atoms with E-state index in [-0.39, 0.29) is 23.1 Å². The normalized spacial score (nSPS) is 23.6. The number of hydrogen-bond acceptors (Lipinski definition) is 4. The van der Waals surface area contributed by atoms with E-state index < -0.39 is 11.9 Å². The summed E-state index contributed by atoms with van der Waals surface area (Å²) in [5, 5.41) is 3.24. The van der Waals surface area contributed by atoms with E-state index in [1.54, 1.807) is 13.0 Å². The Balaban J connectivity index is 2.10. The van der Waals surface area contributed by atoms with E-state index in [4.69, 9.17) is 16.3 Å². The number of carbonyl (C=O) groups excluding carboxylic acids is 1. The van der Waals surface area contributed by atoms with Crippen molar-refractivity contribution >= 4 is 17.6 Å². The first-order chi connectivity index (χ1) is 9.52. The van der Waals surface area contributed by atoms with Gasteiger partial charge in [-0.05, 0) is 31.0 Å². The van der Waals surface area contributed by atoms with Gasteiger partial charge < -0.3 is 9.47 Å². The van der Waals surface area contributed by atoms with Crippen molar-refractivity contribution in [3.05, 3.63) is 34.6 Å². The van der Waals surface area contributed by atoms with E-state index in [1.165, 1.54) is 19.2 Å². The molecule has 110 valence electrons. The van der Waals surface area contributed by atoms with Gasteiger partial charge in [-0.25, -0.2) is 4.39 Å². The Morgan fingerprint density at radius 2 is 2.35 bits per heavy atom. The highest BCUT2D eigenvalue weighted by atomic mass is 35.5. The van der Waals surface area contributed by atoms with Crippen LogP contribution in [0.4, 0.5) is 4.39 Å². The molecule has 1 saturated heterocycles. The molecule has 6 heteroatoms. The van der Waals surface area contributed by atoms with Crippen LogP contribution in [0.25, 0.3) is 0 Å². The van der Waals surface area contributed by atoms with Crippen molar-refractivity contribution in [1.82, 2.24) is 5.32 Å². The predicted molar refractivity (Wildman–Crippen MR) is 73.1 cm³/mol. The largest absolute Gasteiger partial charge is 0.468 e. The van der Waals surface area contributed by atoms with Crippen molar-refractivity contribution in [2.75, 3.05) is 13.7 Å². The van der Waals surface area contributed by atoms with Crippen LogP contribution in [0, 0.1) is 5.82 Å². The molecule has 1 fully saturated rings. The third-order valence-corrected chi connectivity index (χ3v) is 3.69. The van der Waals surface area contributed by atoms with Crippen molar-refractivity contribution in [2.24, 2.45) is 0 Å². The lowest BCUT2D eigenvalue weighted by Gasteiger charge is -2.23. The molecule has 3 atom stereocenters. The second kappa shape index (κ2) is 6.52. The summed E-state index contributed by atoms with van der Waals surface area (Å²) in [5.74, 6) is -0.808. The smallest absolute Gasteiger partial charge is 0.322 e. The number of methoxy groups -OCH3 is 1. The highest BCUT2D eigenvalue weighted by Gasteiger charge is 2.32. The van der Waals surface area contributed by atoms with Gasteiger partial charge >= 0.3 is 5.97 Å². The molecular weight excluding hydrogens is 285 g/mol. The van der Waals surface area contributed by atoms with Crippen LogP contribution in [0.2, 0.25) is 5.02 Å². The third kappa shape index (κ3) is 3.29. The lowest BCUT2D eigenvalue weighted by molar-refractivity contribution is -0.142. The Hall–Kier alpha value is -1.17. The van der Waals surface area contributed by atoms with Crippen molar-refractivity contribution < 1.29 is 18.7 Å². The molecule has 0 saturated carbocycles. The summed E-state index contributed by atoms with van der Waals surface area (Å²) < 4.78 is 23.8. The van der Waals surface area contributed by atoms with Crippen LogP contribution in [0.5, 0.6) is 0 Å². The fraction of sp³-hybridized carbons (Fsp3) is 0.500. The van der Waals surface area contributed by atoms with E-state index in [9.17, 15) is 9.18 Å². The van der Waals surface area contributed by atoms with Crippen LogP contribution in [-0.2, 0) is 14.3 Å². The molecule has 1 heterocycles. The number of halogens is 2. The van der Waals surface area contributed by atoms with Crippen LogP contribution < -0.4 is 5.32 Å². The maximum absolute atomic E-state index is 13.5. The van der Waals surface area contributed by atoms with Crippen LogP contribution in [-0.4, -0.2) is 31.8 Å². The summed E-state index contributed by atoms with van der Waals surface area (Å²) in [4.78, 5) is 11.4. The lowest BCUT2D eigenvalue weighted by atomic mass is 10.0. The van der Waals surface area contributed by atoms with Gasteiger partial charge in [-0.15, -0.1) is 0 Å². The summed E-state index contributed by atoms with van der Waals surface area (Å²) in [6.45, 7) is 2.28. The minimum absolute atomic E-state index is 0.0651. The fourth-order valence-corrected chi connectivity index (χ4v) is 2.46. The zero-order chi connectivity index (χ0) is 14.7. The summed E-state index contributed by atoms with van der Waals surface area (Å²) >= 11 is 5.68. The fourth-order valence-electron chi connectivity index (χ4n) is 2.34. The van der Waals surface area contributed by atoms with Crippen LogP contribution in [0.15, 0.2) is 18.2 Å². The van der Waals surface area contributed by atoms with Crippen molar-refractivity contribution in [2.45, 2.75) is 31.5 Å². The molecule has 0 amide bonds. The van der Waals surface area contributed by atoms with Gasteiger partial charge in [-0.2, -0.15) is 0 Å². The van der Waals surface area contributed by atoms with Crippen molar-refractivity contribution in [3.8, 4) is 0 Å². The number of nitrogens with one attached hydrogen (secondary N) is 1. The molecule has 0 radical (unpaired) electrons. The van der Waals surface area contributed by atoms with Gasteiger partial charge in [0, 0.05) is 12.6 Å². The topological polar surface area (TPSA) is 47.6 Å². The Morgan fingerprint density at radius 1 is 1.60 bits per heavy atom. The quantitative estimate of drug-likeness (QED) is 0.868. The maximum atomic E-state index is 13.5. The molecular formula is C14H17ClFNO3. The number of ether oxygens (including phenoxy) is 2. The predicted octanol–water partition coefficient (Wildman–Crippen LogP) is 2.46. The van der Waals surface area contributed by atoms with Crippen molar-refractivity contribution in [1.29, 1.82) is 0 Å². The molecule has 1 aromatic carbocycles. The summed E-state index contributed by atoms with van der Waals surface area (Å²) in [6.07, 6.45) is 0.449. The van der Waals surface area contributed by atoms with Gasteiger partial charge in [-0.3, -0.25) is 10.1 Å². The van der Waals surface area contributed by atoms with Crippen molar-refractivity contribution in [3.63, 3.8) is 0 Å². The van der Waals surface area contributed by atoms with Gasteiger partial charge in [0.25, 0.3) is 0 Å². The van der Waals surface area contributed by atoms with Gasteiger partial charge in [0.1, 0.15) is 11.9 Å². The van der Waals surface area contributed by atoms with Crippen LogP contribution >= 0.6 is 11.6 Å². The number of carbonyl (C=O) groups is 1. The van der Waals surface area contributed by atoms with Crippen LogP contribution in [0.1, 0.15) is 25.0 Å². The van der Waals surface area contributed by atoms with E-state index in [2.05, 4.69) is 10.1 Å². The molecule has 1 aliphatic rings. The summed E-state index contributed by atoms with van der Waals surface area (Å²) in [6, 6.07) is 4.11. The summed E-state index contributed by atoms with van der Waals surface area (Å²) in [7, 11) is 1.34. The second-order valence-electron chi connectivity index (χ2n) is 4.77. The lowest BCUT2D eigenvalue weighted by Crippen LogP contribution is -2.43. The van der Waals surface area contributed by atoms with Gasteiger partial charge in [0.05, 0.1) is 18.2 Å². The molecule has 0 spiro atoms. The van der Waals surface area contributed by atoms with Gasteiger partial charge in [0.15, 0.2) is 0 Å². The Morgan fingerprint density at radius 3 is 3.00 bits per heavy atom. The number of benzene rings is 1. The number of hydrogen-bond donors (Lipinski definition) is 1. The maximum Gasteiger partial charge on any atom is 0.322 e. The number of rotatable bonds is 4. The molecule has 4 nitrogen and oxygen atoms in total. The molecule has 0 unspecified atom stereocenters. The van der Waals surface area contributed by atoms with E-state index in [0.717, 1.165) is 6.42 Å². The minimum Gasteiger partial charge on any atom is -0.468 e. The molecule has 1 aliphatic heterocycles. The van der Waals surface area contributed by atoms with Gasteiger partial charge in [0.2, 0.25) is 0 Å². The average Bonchev–Trinajstić information content (AvgIpc) is 2.89. The summed E-state index contributed by atoms with van der Waals surface area (Å²) in [5.41, 5.74) is 0.707. The minimum atomic E-state index is -0.473. The zero-order valence-electron chi connectivity index (χ0n) is 11.4. The molecule has 20 heavy (non-hydrogen) atoms. The van der Waals surface area contributed by atoms with E-state index in [0.29, 0.717) is 12.2 Å². The SMILES string of the molecule is COC(=O)[C@H](C)N[C@H]1CCO[C@H]1c1ccc(Cl)c(F)c1. The highest BCUT2D eigenvalue weighted by Crippen LogP contribution is 2.31. The molecule has 2 rings (SSSR count). The van der Waals surface area contributed by atoms with Gasteiger partial charge in [-0.1, -0.05) is 17.7 Å². The Labute approximate surface area is 122 Å².